The van der Waals surface area contributed by atoms with E-state index in [0.29, 0.717) is 21.6 Å². The molecular weight excluding hydrogens is 384 g/mol. The van der Waals surface area contributed by atoms with Gasteiger partial charge >= 0.3 is 5.97 Å². The summed E-state index contributed by atoms with van der Waals surface area (Å²) in [4.78, 5) is 12.6. The molecule has 1 unspecified atom stereocenters. The number of carboxylic acid groups (broad SMARTS) is 1. The Morgan fingerprint density at radius 2 is 2.00 bits per heavy atom. The van der Waals surface area contributed by atoms with E-state index in [1.165, 1.54) is 23.9 Å². The van der Waals surface area contributed by atoms with Crippen LogP contribution in [0, 0.1) is 18.3 Å². The van der Waals surface area contributed by atoms with Gasteiger partial charge in [-0.3, -0.25) is 0 Å². The molecule has 8 heteroatoms. The standard InChI is InChI=1S/C19H16N2O4S2/c1-13-5-2-3-8-17(13)27(24,25)21-19(18(22)23)10-16(26-12-19)15-7-4-6-14(9-15)11-20/h2-10,21H,12H2,1H3,(H,22,23). The van der Waals surface area contributed by atoms with E-state index in [4.69, 9.17) is 5.26 Å². The number of carbonyl (C=O) groups is 1. The second-order valence-corrected chi connectivity index (χ2v) is 8.81. The number of aryl methyl sites for hydroxylation is 1. The Morgan fingerprint density at radius 3 is 2.67 bits per heavy atom. The van der Waals surface area contributed by atoms with E-state index in [9.17, 15) is 18.3 Å². The number of aliphatic carboxylic acids is 1. The SMILES string of the molecule is Cc1ccccc1S(=O)(=O)NC1(C(=O)O)C=C(c2cccc(C#N)c2)SC1. The van der Waals surface area contributed by atoms with Crippen LogP contribution in [-0.4, -0.2) is 30.8 Å². The Morgan fingerprint density at radius 1 is 1.26 bits per heavy atom. The zero-order valence-corrected chi connectivity index (χ0v) is 16.0. The van der Waals surface area contributed by atoms with Crippen LogP contribution in [0.2, 0.25) is 0 Å². The molecule has 0 bridgehead atoms. The minimum atomic E-state index is -4.04. The highest BCUT2D eigenvalue weighted by molar-refractivity contribution is 8.08. The van der Waals surface area contributed by atoms with E-state index >= 15 is 0 Å². The molecule has 0 radical (unpaired) electrons. The van der Waals surface area contributed by atoms with Gasteiger partial charge in [0, 0.05) is 10.7 Å². The lowest BCUT2D eigenvalue weighted by atomic mass is 10.0. The van der Waals surface area contributed by atoms with Crippen molar-refractivity contribution in [3.63, 3.8) is 0 Å². The summed E-state index contributed by atoms with van der Waals surface area (Å²) in [6.07, 6.45) is 1.41. The van der Waals surface area contributed by atoms with Crippen LogP contribution in [0.4, 0.5) is 0 Å². The highest BCUT2D eigenvalue weighted by Crippen LogP contribution is 2.40. The third-order valence-corrected chi connectivity index (χ3v) is 7.12. The molecule has 27 heavy (non-hydrogen) atoms. The van der Waals surface area contributed by atoms with E-state index in [2.05, 4.69) is 4.72 Å². The number of rotatable bonds is 5. The number of nitrogens with one attached hydrogen (secondary N) is 1. The Hall–Kier alpha value is -2.60. The quantitative estimate of drug-likeness (QED) is 0.799. The Labute approximate surface area is 161 Å². The lowest BCUT2D eigenvalue weighted by Gasteiger charge is -2.23. The van der Waals surface area contributed by atoms with Crippen LogP contribution in [0.25, 0.3) is 4.91 Å². The van der Waals surface area contributed by atoms with Crippen molar-refractivity contribution in [1.82, 2.24) is 4.72 Å². The molecule has 138 valence electrons. The van der Waals surface area contributed by atoms with Gasteiger partial charge in [0.1, 0.15) is 0 Å². The maximum atomic E-state index is 12.8. The monoisotopic (exact) mass is 400 g/mol. The van der Waals surface area contributed by atoms with Crippen molar-refractivity contribution < 1.29 is 18.3 Å². The maximum Gasteiger partial charge on any atom is 0.329 e. The Balaban J connectivity index is 2.01. The lowest BCUT2D eigenvalue weighted by Crippen LogP contribution is -2.53. The van der Waals surface area contributed by atoms with Crippen LogP contribution >= 0.6 is 11.8 Å². The van der Waals surface area contributed by atoms with Crippen molar-refractivity contribution in [2.45, 2.75) is 17.4 Å². The van der Waals surface area contributed by atoms with E-state index in [1.807, 2.05) is 6.07 Å². The van der Waals surface area contributed by atoms with Crippen LogP contribution in [0.15, 0.2) is 59.5 Å². The molecule has 0 saturated heterocycles. The number of benzene rings is 2. The Bertz CT molecular complexity index is 1090. The number of carboxylic acids is 1. The van der Waals surface area contributed by atoms with Crippen molar-refractivity contribution in [2.75, 3.05) is 5.75 Å². The topological polar surface area (TPSA) is 107 Å². The van der Waals surface area contributed by atoms with Gasteiger partial charge < -0.3 is 5.11 Å². The first-order valence-electron chi connectivity index (χ1n) is 7.97. The fourth-order valence-electron chi connectivity index (χ4n) is 2.79. The molecule has 1 aliphatic heterocycles. The molecule has 0 fully saturated rings. The largest absolute Gasteiger partial charge is 0.480 e. The van der Waals surface area contributed by atoms with Gasteiger partial charge in [0.15, 0.2) is 5.54 Å². The molecule has 0 saturated carbocycles. The molecule has 1 atom stereocenters. The van der Waals surface area contributed by atoms with Crippen LogP contribution in [0.3, 0.4) is 0 Å². The van der Waals surface area contributed by atoms with E-state index in [1.54, 1.807) is 49.4 Å². The van der Waals surface area contributed by atoms with Gasteiger partial charge in [0.05, 0.1) is 16.5 Å². The molecule has 1 heterocycles. The molecule has 6 nitrogen and oxygen atoms in total. The number of nitriles is 1. The average Bonchev–Trinajstić information content (AvgIpc) is 3.07. The average molecular weight is 400 g/mol. The highest BCUT2D eigenvalue weighted by Gasteiger charge is 2.45. The smallest absolute Gasteiger partial charge is 0.329 e. The number of hydrogen-bond acceptors (Lipinski definition) is 5. The zero-order valence-electron chi connectivity index (χ0n) is 14.3. The second-order valence-electron chi connectivity index (χ2n) is 6.14. The third kappa shape index (κ3) is 3.76. The van der Waals surface area contributed by atoms with E-state index in [0.717, 1.165) is 0 Å². The fraction of sp³-hybridized carbons (Fsp3) is 0.158. The minimum absolute atomic E-state index is 0.0135. The van der Waals surface area contributed by atoms with Gasteiger partial charge in [-0.2, -0.15) is 9.98 Å². The summed E-state index contributed by atoms with van der Waals surface area (Å²) in [5.74, 6) is -1.27. The predicted octanol–water partition coefficient (Wildman–Crippen LogP) is 2.76. The number of sulfonamides is 1. The summed E-state index contributed by atoms with van der Waals surface area (Å²) in [5, 5.41) is 18.8. The van der Waals surface area contributed by atoms with Gasteiger partial charge in [-0.1, -0.05) is 30.3 Å². The summed E-state index contributed by atoms with van der Waals surface area (Å²) in [6, 6.07) is 15.2. The van der Waals surface area contributed by atoms with Crippen LogP contribution in [-0.2, 0) is 14.8 Å². The minimum Gasteiger partial charge on any atom is -0.480 e. The van der Waals surface area contributed by atoms with Crippen molar-refractivity contribution >= 4 is 32.7 Å². The van der Waals surface area contributed by atoms with Crippen LogP contribution < -0.4 is 4.72 Å². The molecule has 2 aromatic carbocycles. The summed E-state index contributed by atoms with van der Waals surface area (Å²) in [5.41, 5.74) is -0.106. The van der Waals surface area contributed by atoms with Crippen molar-refractivity contribution in [2.24, 2.45) is 0 Å². The first kappa shape index (κ1) is 19.2. The molecule has 0 aromatic heterocycles. The fourth-order valence-corrected chi connectivity index (χ4v) is 5.68. The summed E-state index contributed by atoms with van der Waals surface area (Å²) in [6.45, 7) is 1.65. The molecule has 3 rings (SSSR count). The van der Waals surface area contributed by atoms with Gasteiger partial charge in [-0.15, -0.1) is 11.8 Å². The normalized spacial score (nSPS) is 19.3. The predicted molar refractivity (Wildman–Crippen MR) is 103 cm³/mol. The lowest BCUT2D eigenvalue weighted by molar-refractivity contribution is -0.141. The Kier molecular flexibility index (Phi) is 5.11. The molecule has 0 spiro atoms. The molecular formula is C19H16N2O4S2. The highest BCUT2D eigenvalue weighted by atomic mass is 32.2. The summed E-state index contributed by atoms with van der Waals surface area (Å²) < 4.78 is 28.0. The van der Waals surface area contributed by atoms with Crippen molar-refractivity contribution in [1.29, 1.82) is 5.26 Å². The van der Waals surface area contributed by atoms with E-state index in [-0.39, 0.29) is 10.6 Å². The van der Waals surface area contributed by atoms with Crippen LogP contribution in [0.5, 0.6) is 0 Å². The van der Waals surface area contributed by atoms with Gasteiger partial charge in [-0.25, -0.2) is 13.2 Å². The van der Waals surface area contributed by atoms with Crippen molar-refractivity contribution in [3.8, 4) is 6.07 Å². The number of hydrogen-bond donors (Lipinski definition) is 2. The van der Waals surface area contributed by atoms with Crippen LogP contribution in [0.1, 0.15) is 16.7 Å². The first-order chi connectivity index (χ1) is 12.8. The maximum absolute atomic E-state index is 12.8. The van der Waals surface area contributed by atoms with E-state index < -0.39 is 21.5 Å². The number of thioether (sulfide) groups is 1. The zero-order chi connectivity index (χ0) is 19.7. The molecule has 1 aliphatic rings. The molecule has 0 amide bonds. The van der Waals surface area contributed by atoms with Gasteiger partial charge in [0.25, 0.3) is 0 Å². The van der Waals surface area contributed by atoms with Gasteiger partial charge in [-0.05, 0) is 42.3 Å². The number of nitrogens with zero attached hydrogens (tertiary/aromatic N) is 1. The third-order valence-electron chi connectivity index (χ3n) is 4.19. The molecule has 2 N–H and O–H groups in total. The van der Waals surface area contributed by atoms with Crippen molar-refractivity contribution in [3.05, 3.63) is 71.3 Å². The summed E-state index contributed by atoms with van der Waals surface area (Å²) >= 11 is 1.23. The molecule has 0 aliphatic carbocycles. The second kappa shape index (κ2) is 7.19. The first-order valence-corrected chi connectivity index (χ1v) is 10.4. The van der Waals surface area contributed by atoms with Gasteiger partial charge in [0.2, 0.25) is 10.0 Å². The summed E-state index contributed by atoms with van der Waals surface area (Å²) in [7, 11) is -4.04. The molecule has 2 aromatic rings.